The molecule has 0 aliphatic carbocycles. The number of imidazole rings is 1. The van der Waals surface area contributed by atoms with Crippen molar-refractivity contribution in [3.63, 3.8) is 0 Å². The van der Waals surface area contributed by atoms with Gasteiger partial charge in [0.15, 0.2) is 5.82 Å². The van der Waals surface area contributed by atoms with Crippen molar-refractivity contribution in [1.29, 1.82) is 0 Å². The highest BCUT2D eigenvalue weighted by Gasteiger charge is 2.06. The van der Waals surface area contributed by atoms with Crippen molar-refractivity contribution in [3.05, 3.63) is 30.6 Å². The zero-order chi connectivity index (χ0) is 12.1. The standard InChI is InChI=1S/C13H18N4/c1-3-8-14-12-7-5-6-11(16-12)13-15-9-10-17(13)4-2/h5-7,9-10H,3-4,8H2,1-2H3,(H,14,16). The van der Waals surface area contributed by atoms with E-state index >= 15 is 0 Å². The van der Waals surface area contributed by atoms with E-state index in [0.29, 0.717) is 0 Å². The summed E-state index contributed by atoms with van der Waals surface area (Å²) in [6.07, 6.45) is 4.88. The summed E-state index contributed by atoms with van der Waals surface area (Å²) < 4.78 is 2.09. The maximum Gasteiger partial charge on any atom is 0.158 e. The Morgan fingerprint density at radius 3 is 2.94 bits per heavy atom. The highest BCUT2D eigenvalue weighted by atomic mass is 15.1. The second-order valence-corrected chi connectivity index (χ2v) is 3.87. The number of aryl methyl sites for hydroxylation is 1. The van der Waals surface area contributed by atoms with Crippen LogP contribution in [0.1, 0.15) is 20.3 Å². The predicted molar refractivity (Wildman–Crippen MR) is 69.9 cm³/mol. The number of nitrogens with zero attached hydrogens (tertiary/aromatic N) is 3. The number of hydrogen-bond donors (Lipinski definition) is 1. The first-order chi connectivity index (χ1) is 8.35. The Labute approximate surface area is 102 Å². The fourth-order valence-corrected chi connectivity index (χ4v) is 1.71. The van der Waals surface area contributed by atoms with Gasteiger partial charge >= 0.3 is 0 Å². The Bertz CT molecular complexity index is 476. The minimum atomic E-state index is 0.906. The SMILES string of the molecule is CCCNc1cccc(-c2nccn2CC)n1. The summed E-state index contributed by atoms with van der Waals surface area (Å²) in [7, 11) is 0. The van der Waals surface area contributed by atoms with Gasteiger partial charge in [0.1, 0.15) is 11.5 Å². The van der Waals surface area contributed by atoms with E-state index < -0.39 is 0 Å². The molecule has 0 spiro atoms. The molecule has 2 aromatic heterocycles. The molecule has 0 fully saturated rings. The van der Waals surface area contributed by atoms with E-state index in [9.17, 15) is 0 Å². The van der Waals surface area contributed by atoms with Crippen molar-refractivity contribution in [1.82, 2.24) is 14.5 Å². The van der Waals surface area contributed by atoms with Gasteiger partial charge in [0.25, 0.3) is 0 Å². The minimum Gasteiger partial charge on any atom is -0.370 e. The molecular formula is C13H18N4. The molecule has 0 aliphatic rings. The van der Waals surface area contributed by atoms with E-state index in [1.165, 1.54) is 0 Å². The predicted octanol–water partition coefficient (Wildman–Crippen LogP) is 2.79. The molecule has 0 aliphatic heterocycles. The lowest BCUT2D eigenvalue weighted by Gasteiger charge is -2.07. The zero-order valence-corrected chi connectivity index (χ0v) is 10.3. The molecule has 2 aromatic rings. The Morgan fingerprint density at radius 2 is 2.18 bits per heavy atom. The summed E-state index contributed by atoms with van der Waals surface area (Å²) >= 11 is 0. The second kappa shape index (κ2) is 5.48. The molecule has 2 rings (SSSR count). The van der Waals surface area contributed by atoms with Crippen LogP contribution in [0.5, 0.6) is 0 Å². The summed E-state index contributed by atoms with van der Waals surface area (Å²) in [5, 5.41) is 3.29. The van der Waals surface area contributed by atoms with Gasteiger partial charge in [-0.25, -0.2) is 9.97 Å². The van der Waals surface area contributed by atoms with Crippen LogP contribution in [0.15, 0.2) is 30.6 Å². The number of aromatic nitrogens is 3. The lowest BCUT2D eigenvalue weighted by molar-refractivity contribution is 0.768. The van der Waals surface area contributed by atoms with Crippen LogP contribution in [0.3, 0.4) is 0 Å². The number of hydrogen-bond acceptors (Lipinski definition) is 3. The molecule has 4 nitrogen and oxygen atoms in total. The summed E-state index contributed by atoms with van der Waals surface area (Å²) in [5.41, 5.74) is 0.915. The molecule has 0 radical (unpaired) electrons. The Balaban J connectivity index is 2.26. The van der Waals surface area contributed by atoms with Crippen LogP contribution in [-0.2, 0) is 6.54 Å². The first-order valence-corrected chi connectivity index (χ1v) is 6.07. The second-order valence-electron chi connectivity index (χ2n) is 3.87. The van der Waals surface area contributed by atoms with Crippen molar-refractivity contribution in [3.8, 4) is 11.5 Å². The van der Waals surface area contributed by atoms with E-state index in [0.717, 1.165) is 36.8 Å². The number of nitrogens with one attached hydrogen (secondary N) is 1. The molecule has 1 N–H and O–H groups in total. The summed E-state index contributed by atoms with van der Waals surface area (Å²) in [5.74, 6) is 1.84. The molecule has 0 saturated carbocycles. The third kappa shape index (κ3) is 2.64. The fraction of sp³-hybridized carbons (Fsp3) is 0.385. The maximum atomic E-state index is 4.57. The Kier molecular flexibility index (Phi) is 3.75. The van der Waals surface area contributed by atoms with E-state index in [4.69, 9.17) is 0 Å². The monoisotopic (exact) mass is 230 g/mol. The molecule has 0 bridgehead atoms. The number of anilines is 1. The van der Waals surface area contributed by atoms with Crippen LogP contribution in [0, 0.1) is 0 Å². The molecule has 17 heavy (non-hydrogen) atoms. The van der Waals surface area contributed by atoms with E-state index in [-0.39, 0.29) is 0 Å². The molecule has 0 saturated heterocycles. The quantitative estimate of drug-likeness (QED) is 0.858. The topological polar surface area (TPSA) is 42.7 Å². The van der Waals surface area contributed by atoms with E-state index in [1.54, 1.807) is 0 Å². The minimum absolute atomic E-state index is 0.906. The normalized spacial score (nSPS) is 10.5. The smallest absolute Gasteiger partial charge is 0.158 e. The first-order valence-electron chi connectivity index (χ1n) is 6.07. The lowest BCUT2D eigenvalue weighted by atomic mass is 10.3. The van der Waals surface area contributed by atoms with Crippen LogP contribution in [0.2, 0.25) is 0 Å². The van der Waals surface area contributed by atoms with Crippen LogP contribution >= 0.6 is 0 Å². The molecule has 2 heterocycles. The Morgan fingerprint density at radius 1 is 1.29 bits per heavy atom. The van der Waals surface area contributed by atoms with Gasteiger partial charge in [0.05, 0.1) is 0 Å². The molecule has 0 atom stereocenters. The molecule has 0 unspecified atom stereocenters. The maximum absolute atomic E-state index is 4.57. The van der Waals surface area contributed by atoms with Gasteiger partial charge in [0, 0.05) is 25.5 Å². The molecular weight excluding hydrogens is 212 g/mol. The van der Waals surface area contributed by atoms with Crippen LogP contribution in [-0.4, -0.2) is 21.1 Å². The van der Waals surface area contributed by atoms with Crippen LogP contribution in [0.4, 0.5) is 5.82 Å². The van der Waals surface area contributed by atoms with Gasteiger partial charge in [-0.05, 0) is 25.5 Å². The van der Waals surface area contributed by atoms with E-state index in [2.05, 4.69) is 33.7 Å². The molecule has 0 amide bonds. The largest absolute Gasteiger partial charge is 0.370 e. The molecule has 4 heteroatoms. The van der Waals surface area contributed by atoms with Crippen LogP contribution in [0.25, 0.3) is 11.5 Å². The van der Waals surface area contributed by atoms with Crippen molar-refractivity contribution in [2.24, 2.45) is 0 Å². The van der Waals surface area contributed by atoms with Crippen molar-refractivity contribution in [2.45, 2.75) is 26.8 Å². The number of rotatable bonds is 5. The summed E-state index contributed by atoms with van der Waals surface area (Å²) in [6.45, 7) is 6.09. The lowest BCUT2D eigenvalue weighted by Crippen LogP contribution is -2.03. The van der Waals surface area contributed by atoms with Gasteiger partial charge in [-0.2, -0.15) is 0 Å². The average molecular weight is 230 g/mol. The van der Waals surface area contributed by atoms with E-state index in [1.807, 2.05) is 30.6 Å². The van der Waals surface area contributed by atoms with Gasteiger partial charge in [-0.15, -0.1) is 0 Å². The van der Waals surface area contributed by atoms with Gasteiger partial charge in [-0.3, -0.25) is 0 Å². The van der Waals surface area contributed by atoms with Gasteiger partial charge in [0.2, 0.25) is 0 Å². The van der Waals surface area contributed by atoms with Crippen molar-refractivity contribution >= 4 is 5.82 Å². The third-order valence-corrected chi connectivity index (χ3v) is 2.59. The summed E-state index contributed by atoms with van der Waals surface area (Å²) in [6, 6.07) is 5.99. The van der Waals surface area contributed by atoms with Gasteiger partial charge < -0.3 is 9.88 Å². The van der Waals surface area contributed by atoms with Gasteiger partial charge in [-0.1, -0.05) is 13.0 Å². The fourth-order valence-electron chi connectivity index (χ4n) is 1.71. The third-order valence-electron chi connectivity index (χ3n) is 2.59. The highest BCUT2D eigenvalue weighted by Crippen LogP contribution is 2.16. The zero-order valence-electron chi connectivity index (χ0n) is 10.3. The Hall–Kier alpha value is -1.84. The highest BCUT2D eigenvalue weighted by molar-refractivity contribution is 5.53. The van der Waals surface area contributed by atoms with Crippen molar-refractivity contribution < 1.29 is 0 Å². The van der Waals surface area contributed by atoms with Crippen molar-refractivity contribution in [2.75, 3.05) is 11.9 Å². The molecule has 90 valence electrons. The first kappa shape index (κ1) is 11.6. The number of pyridine rings is 1. The molecule has 0 aromatic carbocycles. The average Bonchev–Trinajstić information content (AvgIpc) is 2.85. The summed E-state index contributed by atoms with van der Waals surface area (Å²) in [4.78, 5) is 8.92. The van der Waals surface area contributed by atoms with Crippen LogP contribution < -0.4 is 5.32 Å².